The molecule has 1 N–H and O–H groups in total. The van der Waals surface area contributed by atoms with Gasteiger partial charge in [-0.15, -0.1) is 11.6 Å². The van der Waals surface area contributed by atoms with Crippen LogP contribution in [0.1, 0.15) is 29.0 Å². The van der Waals surface area contributed by atoms with E-state index in [-0.39, 0.29) is 5.91 Å². The average molecular weight is 216 g/mol. The van der Waals surface area contributed by atoms with Crippen LogP contribution in [-0.2, 0) is 0 Å². The van der Waals surface area contributed by atoms with Crippen molar-refractivity contribution in [1.82, 2.24) is 5.32 Å². The highest BCUT2D eigenvalue weighted by Crippen LogP contribution is 2.07. The number of furan rings is 1. The molecule has 0 atom stereocenters. The van der Waals surface area contributed by atoms with E-state index >= 15 is 0 Å². The number of hydrogen-bond acceptors (Lipinski definition) is 2. The number of alkyl halides is 1. The summed E-state index contributed by atoms with van der Waals surface area (Å²) >= 11 is 5.51. The summed E-state index contributed by atoms with van der Waals surface area (Å²) in [6, 6.07) is 1.67. The van der Waals surface area contributed by atoms with Crippen molar-refractivity contribution >= 4 is 17.5 Å². The van der Waals surface area contributed by atoms with Gasteiger partial charge in [-0.1, -0.05) is 0 Å². The lowest BCUT2D eigenvalue weighted by Crippen LogP contribution is -2.24. The van der Waals surface area contributed by atoms with Crippen molar-refractivity contribution in [3.8, 4) is 0 Å². The van der Waals surface area contributed by atoms with E-state index < -0.39 is 0 Å². The number of hydrogen-bond donors (Lipinski definition) is 1. The van der Waals surface area contributed by atoms with Crippen molar-refractivity contribution in [2.45, 2.75) is 19.8 Å². The number of halogens is 1. The average Bonchev–Trinajstić information content (AvgIpc) is 2.59. The van der Waals surface area contributed by atoms with E-state index in [0.717, 1.165) is 12.8 Å². The highest BCUT2D eigenvalue weighted by molar-refractivity contribution is 6.17. The van der Waals surface area contributed by atoms with E-state index in [1.165, 1.54) is 6.26 Å². The van der Waals surface area contributed by atoms with Gasteiger partial charge in [-0.2, -0.15) is 0 Å². The molecule has 1 aromatic heterocycles. The third kappa shape index (κ3) is 3.07. The van der Waals surface area contributed by atoms with Crippen LogP contribution in [0, 0.1) is 6.92 Å². The molecule has 0 saturated carbocycles. The summed E-state index contributed by atoms with van der Waals surface area (Å²) in [5.74, 6) is 1.21. The Morgan fingerprint density at radius 1 is 1.57 bits per heavy atom. The largest absolute Gasteiger partial charge is 0.469 e. The van der Waals surface area contributed by atoms with Gasteiger partial charge in [-0.25, -0.2) is 0 Å². The first-order valence-corrected chi connectivity index (χ1v) is 5.17. The highest BCUT2D eigenvalue weighted by Gasteiger charge is 2.09. The van der Waals surface area contributed by atoms with Gasteiger partial charge >= 0.3 is 0 Å². The van der Waals surface area contributed by atoms with Gasteiger partial charge in [0.2, 0.25) is 0 Å². The molecule has 3 nitrogen and oxygen atoms in total. The van der Waals surface area contributed by atoms with Gasteiger partial charge in [0.25, 0.3) is 5.91 Å². The minimum absolute atomic E-state index is 0.0779. The molecule has 0 fully saturated rings. The van der Waals surface area contributed by atoms with Gasteiger partial charge in [-0.05, 0) is 25.8 Å². The van der Waals surface area contributed by atoms with Gasteiger partial charge in [0.15, 0.2) is 0 Å². The molecule has 1 rings (SSSR count). The van der Waals surface area contributed by atoms with E-state index in [1.807, 2.05) is 0 Å². The van der Waals surface area contributed by atoms with Gasteiger partial charge in [0.05, 0.1) is 11.8 Å². The monoisotopic (exact) mass is 215 g/mol. The number of nitrogens with one attached hydrogen (secondary N) is 1. The van der Waals surface area contributed by atoms with Crippen LogP contribution in [0.3, 0.4) is 0 Å². The van der Waals surface area contributed by atoms with E-state index in [4.69, 9.17) is 16.0 Å². The van der Waals surface area contributed by atoms with Gasteiger partial charge in [0.1, 0.15) is 5.76 Å². The third-order valence-electron chi connectivity index (χ3n) is 1.95. The Bertz CT molecular complexity index is 296. The fourth-order valence-corrected chi connectivity index (χ4v) is 1.33. The highest BCUT2D eigenvalue weighted by atomic mass is 35.5. The van der Waals surface area contributed by atoms with E-state index in [1.54, 1.807) is 13.0 Å². The van der Waals surface area contributed by atoms with Gasteiger partial charge in [-0.3, -0.25) is 4.79 Å². The molecular formula is C10H14ClNO2. The number of rotatable bonds is 5. The maximum Gasteiger partial charge on any atom is 0.254 e. The zero-order valence-corrected chi connectivity index (χ0v) is 8.93. The zero-order chi connectivity index (χ0) is 10.4. The lowest BCUT2D eigenvalue weighted by Gasteiger charge is -2.02. The first kappa shape index (κ1) is 11.1. The van der Waals surface area contributed by atoms with Crippen LogP contribution >= 0.6 is 11.6 Å². The second-order valence-corrected chi connectivity index (χ2v) is 3.42. The molecule has 0 aliphatic rings. The Morgan fingerprint density at radius 3 is 2.93 bits per heavy atom. The van der Waals surface area contributed by atoms with Crippen LogP contribution in [-0.4, -0.2) is 18.3 Å². The lowest BCUT2D eigenvalue weighted by atomic mass is 10.2. The fourth-order valence-electron chi connectivity index (χ4n) is 1.14. The fraction of sp³-hybridized carbons (Fsp3) is 0.500. The molecule has 14 heavy (non-hydrogen) atoms. The molecule has 1 amide bonds. The summed E-state index contributed by atoms with van der Waals surface area (Å²) in [6.07, 6.45) is 3.35. The molecule has 0 radical (unpaired) electrons. The number of unbranched alkanes of at least 4 members (excludes halogenated alkanes) is 1. The van der Waals surface area contributed by atoms with Crippen LogP contribution in [0.15, 0.2) is 16.7 Å². The quantitative estimate of drug-likeness (QED) is 0.605. The van der Waals surface area contributed by atoms with Crippen molar-refractivity contribution in [3.63, 3.8) is 0 Å². The summed E-state index contributed by atoms with van der Waals surface area (Å²) in [5, 5.41) is 2.80. The molecule has 0 aromatic carbocycles. The van der Waals surface area contributed by atoms with Crippen molar-refractivity contribution in [1.29, 1.82) is 0 Å². The normalized spacial score (nSPS) is 10.1. The molecule has 78 valence electrons. The molecule has 0 aliphatic carbocycles. The molecule has 4 heteroatoms. The minimum atomic E-state index is -0.0779. The van der Waals surface area contributed by atoms with E-state index in [0.29, 0.717) is 23.7 Å². The molecule has 0 saturated heterocycles. The summed E-state index contributed by atoms with van der Waals surface area (Å²) in [5.41, 5.74) is 0.607. The van der Waals surface area contributed by atoms with E-state index in [2.05, 4.69) is 5.32 Å². The second-order valence-electron chi connectivity index (χ2n) is 3.04. The van der Waals surface area contributed by atoms with Crippen molar-refractivity contribution in [3.05, 3.63) is 23.7 Å². The SMILES string of the molecule is Cc1occc1C(=O)NCCCCCl. The molecule has 0 unspecified atom stereocenters. The zero-order valence-electron chi connectivity index (χ0n) is 8.18. The number of carbonyl (C=O) groups excluding carboxylic acids is 1. The predicted octanol–water partition coefficient (Wildman–Crippen LogP) is 2.34. The second kappa shape index (κ2) is 5.70. The van der Waals surface area contributed by atoms with Crippen molar-refractivity contribution < 1.29 is 9.21 Å². The van der Waals surface area contributed by atoms with Gasteiger partial charge in [0, 0.05) is 12.4 Å². The van der Waals surface area contributed by atoms with Crippen LogP contribution < -0.4 is 5.32 Å². The lowest BCUT2D eigenvalue weighted by molar-refractivity contribution is 0.0951. The van der Waals surface area contributed by atoms with Crippen LogP contribution in [0.4, 0.5) is 0 Å². The summed E-state index contributed by atoms with van der Waals surface area (Å²) in [4.78, 5) is 11.5. The Morgan fingerprint density at radius 2 is 2.36 bits per heavy atom. The van der Waals surface area contributed by atoms with E-state index in [9.17, 15) is 4.79 Å². The number of aryl methyl sites for hydroxylation is 1. The Hall–Kier alpha value is -0.960. The Labute approximate surface area is 88.4 Å². The van der Waals surface area contributed by atoms with Crippen LogP contribution in [0.25, 0.3) is 0 Å². The minimum Gasteiger partial charge on any atom is -0.469 e. The summed E-state index contributed by atoms with van der Waals surface area (Å²) < 4.78 is 5.03. The maximum absolute atomic E-state index is 11.5. The van der Waals surface area contributed by atoms with Crippen molar-refractivity contribution in [2.24, 2.45) is 0 Å². The number of carbonyl (C=O) groups is 1. The maximum atomic E-state index is 11.5. The van der Waals surface area contributed by atoms with Gasteiger partial charge < -0.3 is 9.73 Å². The van der Waals surface area contributed by atoms with Crippen LogP contribution in [0.2, 0.25) is 0 Å². The van der Waals surface area contributed by atoms with Crippen LogP contribution in [0.5, 0.6) is 0 Å². The predicted molar refractivity (Wildman–Crippen MR) is 55.7 cm³/mol. The standard InChI is InChI=1S/C10H14ClNO2/c1-8-9(4-7-14-8)10(13)12-6-3-2-5-11/h4,7H,2-3,5-6H2,1H3,(H,12,13). The van der Waals surface area contributed by atoms with Crippen molar-refractivity contribution in [2.75, 3.05) is 12.4 Å². The molecule has 0 aliphatic heterocycles. The third-order valence-corrected chi connectivity index (χ3v) is 2.22. The smallest absolute Gasteiger partial charge is 0.254 e. The molecular weight excluding hydrogens is 202 g/mol. The number of amides is 1. The summed E-state index contributed by atoms with van der Waals surface area (Å²) in [6.45, 7) is 2.43. The molecule has 1 heterocycles. The Kier molecular flexibility index (Phi) is 4.53. The first-order valence-electron chi connectivity index (χ1n) is 4.64. The summed E-state index contributed by atoms with van der Waals surface area (Å²) in [7, 11) is 0. The first-order chi connectivity index (χ1) is 6.75. The molecule has 0 bridgehead atoms. The molecule has 1 aromatic rings. The molecule has 0 spiro atoms. The topological polar surface area (TPSA) is 42.2 Å². The Balaban J connectivity index is 2.32.